The normalized spacial score (nSPS) is 11.2. The molecule has 0 radical (unpaired) electrons. The summed E-state index contributed by atoms with van der Waals surface area (Å²) in [5, 5.41) is 0. The molecular formula is C28H27F3O3S2. The van der Waals surface area contributed by atoms with Crippen molar-refractivity contribution in [1.82, 2.24) is 0 Å². The predicted molar refractivity (Wildman–Crippen MR) is 142 cm³/mol. The standard InChI is InChI=1S/C22H22.C6H3F3O3S.H2S/c1-22(2,3)20-16-10-15-19(17-11-6-4-7-12-17)21(20)18-13-8-5-9-14-18;7-4-2-1-3-5(6(4)8)13(10,11)12-9;/h4-16H,1-3H3;1-3H;1H2. The molecule has 36 heavy (non-hydrogen) atoms. The van der Waals surface area contributed by atoms with Crippen molar-refractivity contribution in [3.05, 3.63) is 114 Å². The quantitative estimate of drug-likeness (QED) is 0.268. The lowest BCUT2D eigenvalue weighted by molar-refractivity contribution is 0.00246. The van der Waals surface area contributed by atoms with Crippen LogP contribution in [0.15, 0.2) is 102 Å². The second-order valence-electron chi connectivity index (χ2n) is 8.78. The van der Waals surface area contributed by atoms with Crippen LogP contribution < -0.4 is 0 Å². The maximum absolute atomic E-state index is 12.7. The fourth-order valence-electron chi connectivity index (χ4n) is 3.66. The summed E-state index contributed by atoms with van der Waals surface area (Å²) in [6.45, 7) is 6.84. The van der Waals surface area contributed by atoms with Crippen LogP contribution in [0.5, 0.6) is 0 Å². The summed E-state index contributed by atoms with van der Waals surface area (Å²) >= 11 is 0. The van der Waals surface area contributed by atoms with Gasteiger partial charge in [0.15, 0.2) is 11.6 Å². The highest BCUT2D eigenvalue weighted by Crippen LogP contribution is 2.39. The fourth-order valence-corrected chi connectivity index (χ4v) is 4.29. The molecule has 0 heterocycles. The van der Waals surface area contributed by atoms with Gasteiger partial charge in [-0.1, -0.05) is 110 Å². The van der Waals surface area contributed by atoms with Crippen LogP contribution in [-0.4, -0.2) is 8.42 Å². The minimum atomic E-state index is -4.83. The first-order valence-electron chi connectivity index (χ1n) is 10.8. The Hall–Kier alpha value is -3.07. The van der Waals surface area contributed by atoms with Crippen molar-refractivity contribution in [2.24, 2.45) is 0 Å². The monoisotopic (exact) mass is 532 g/mol. The average molecular weight is 533 g/mol. The van der Waals surface area contributed by atoms with Gasteiger partial charge >= 0.3 is 10.1 Å². The Morgan fingerprint density at radius 2 is 1.22 bits per heavy atom. The first kappa shape index (κ1) is 29.2. The highest BCUT2D eigenvalue weighted by molar-refractivity contribution is 7.86. The Morgan fingerprint density at radius 3 is 1.75 bits per heavy atom. The molecule has 0 aliphatic carbocycles. The number of benzene rings is 4. The van der Waals surface area contributed by atoms with Crippen molar-refractivity contribution in [3.63, 3.8) is 0 Å². The van der Waals surface area contributed by atoms with Gasteiger partial charge in [-0.15, -0.1) is 0 Å². The van der Waals surface area contributed by atoms with E-state index in [1.54, 1.807) is 0 Å². The lowest BCUT2D eigenvalue weighted by Gasteiger charge is -2.25. The van der Waals surface area contributed by atoms with Gasteiger partial charge < -0.3 is 0 Å². The summed E-state index contributed by atoms with van der Waals surface area (Å²) in [5.74, 6) is -3.06. The molecule has 0 aromatic heterocycles. The third-order valence-electron chi connectivity index (χ3n) is 5.29. The first-order valence-corrected chi connectivity index (χ1v) is 12.2. The maximum atomic E-state index is 12.7. The van der Waals surface area contributed by atoms with E-state index in [9.17, 15) is 21.7 Å². The molecule has 0 unspecified atom stereocenters. The van der Waals surface area contributed by atoms with Gasteiger partial charge in [0.25, 0.3) is 0 Å². The van der Waals surface area contributed by atoms with E-state index >= 15 is 0 Å². The van der Waals surface area contributed by atoms with E-state index in [-0.39, 0.29) is 18.9 Å². The highest BCUT2D eigenvalue weighted by atomic mass is 32.2. The van der Waals surface area contributed by atoms with Crippen molar-refractivity contribution in [2.45, 2.75) is 31.1 Å². The van der Waals surface area contributed by atoms with Gasteiger partial charge in [0.05, 0.1) is 0 Å². The van der Waals surface area contributed by atoms with E-state index in [2.05, 4.69) is 104 Å². The van der Waals surface area contributed by atoms with Crippen LogP contribution in [0.1, 0.15) is 26.3 Å². The zero-order valence-electron chi connectivity index (χ0n) is 20.0. The van der Waals surface area contributed by atoms with Crippen LogP contribution in [0.2, 0.25) is 0 Å². The van der Waals surface area contributed by atoms with E-state index < -0.39 is 26.6 Å². The van der Waals surface area contributed by atoms with E-state index in [1.165, 1.54) is 27.8 Å². The molecule has 0 bridgehead atoms. The fraction of sp³-hybridized carbons (Fsp3) is 0.143. The lowest BCUT2D eigenvalue weighted by atomic mass is 9.79. The van der Waals surface area contributed by atoms with Crippen LogP contribution in [0, 0.1) is 11.6 Å². The summed E-state index contributed by atoms with van der Waals surface area (Å²) in [4.78, 5) is -1.17. The molecule has 4 rings (SSSR count). The Balaban J connectivity index is 0.000000281. The topological polar surface area (TPSA) is 43.4 Å². The van der Waals surface area contributed by atoms with E-state index in [4.69, 9.17) is 0 Å². The molecule has 3 nitrogen and oxygen atoms in total. The zero-order chi connectivity index (χ0) is 25.6. The third-order valence-corrected chi connectivity index (χ3v) is 6.31. The number of halogens is 3. The second kappa shape index (κ2) is 12.3. The van der Waals surface area contributed by atoms with E-state index in [1.807, 2.05) is 0 Å². The van der Waals surface area contributed by atoms with Crippen molar-refractivity contribution in [2.75, 3.05) is 0 Å². The predicted octanol–water partition coefficient (Wildman–Crippen LogP) is 7.99. The Labute approximate surface area is 217 Å². The van der Waals surface area contributed by atoms with Gasteiger partial charge in [0, 0.05) is 0 Å². The summed E-state index contributed by atoms with van der Waals surface area (Å²) in [7, 11) is -4.83. The first-order chi connectivity index (χ1) is 16.6. The molecule has 0 spiro atoms. The summed E-state index contributed by atoms with van der Waals surface area (Å²) in [6, 6.07) is 30.3. The van der Waals surface area contributed by atoms with Gasteiger partial charge in [-0.25, -0.2) is 8.78 Å². The molecule has 0 fully saturated rings. The molecule has 190 valence electrons. The molecule has 0 atom stereocenters. The van der Waals surface area contributed by atoms with Gasteiger partial charge in [0.2, 0.25) is 0 Å². The van der Waals surface area contributed by atoms with Crippen LogP contribution >= 0.6 is 13.5 Å². The van der Waals surface area contributed by atoms with Gasteiger partial charge in [-0.2, -0.15) is 21.9 Å². The Bertz CT molecular complexity index is 1390. The maximum Gasteiger partial charge on any atom is 0.330 e. The second-order valence-corrected chi connectivity index (χ2v) is 10.3. The molecule has 0 aliphatic rings. The van der Waals surface area contributed by atoms with E-state index in [0.29, 0.717) is 12.1 Å². The summed E-state index contributed by atoms with van der Waals surface area (Å²) in [6.07, 6.45) is 0. The van der Waals surface area contributed by atoms with Crippen LogP contribution in [0.25, 0.3) is 22.3 Å². The SMILES string of the molecule is CC(C)(C)c1cccc(-c2ccccc2)c1-c1ccccc1.O=S(=O)(OF)c1cccc(F)c1F.S. The average Bonchev–Trinajstić information content (AvgIpc) is 2.86. The highest BCUT2D eigenvalue weighted by Gasteiger charge is 2.23. The Morgan fingerprint density at radius 1 is 0.694 bits per heavy atom. The summed E-state index contributed by atoms with van der Waals surface area (Å²) < 4.78 is 60.2. The number of hydrogen-bond donors (Lipinski definition) is 0. The molecule has 8 heteroatoms. The largest absolute Gasteiger partial charge is 0.330 e. The third kappa shape index (κ3) is 6.78. The van der Waals surface area contributed by atoms with E-state index in [0.717, 1.165) is 6.07 Å². The molecule has 4 aromatic rings. The van der Waals surface area contributed by atoms with Crippen molar-refractivity contribution in [1.29, 1.82) is 0 Å². The lowest BCUT2D eigenvalue weighted by Crippen LogP contribution is -2.13. The molecule has 4 aromatic carbocycles. The summed E-state index contributed by atoms with van der Waals surface area (Å²) in [5.41, 5.74) is 6.70. The van der Waals surface area contributed by atoms with Crippen LogP contribution in [0.3, 0.4) is 0 Å². The molecule has 0 N–H and O–H groups in total. The van der Waals surface area contributed by atoms with Crippen molar-refractivity contribution < 1.29 is 26.1 Å². The molecule has 0 amide bonds. The molecular weight excluding hydrogens is 505 g/mol. The van der Waals surface area contributed by atoms with Crippen LogP contribution in [0.4, 0.5) is 13.3 Å². The number of rotatable bonds is 4. The smallest absolute Gasteiger partial charge is 0.204 e. The van der Waals surface area contributed by atoms with Gasteiger partial charge in [-0.05, 0) is 49.9 Å². The number of hydrogen-bond acceptors (Lipinski definition) is 3. The minimum Gasteiger partial charge on any atom is -0.204 e. The molecule has 0 aliphatic heterocycles. The van der Waals surface area contributed by atoms with Crippen molar-refractivity contribution >= 4 is 23.6 Å². The zero-order valence-corrected chi connectivity index (χ0v) is 21.8. The molecule has 0 saturated carbocycles. The molecule has 0 saturated heterocycles. The minimum absolute atomic E-state index is 0. The van der Waals surface area contributed by atoms with Gasteiger partial charge in [-0.3, -0.25) is 0 Å². The van der Waals surface area contributed by atoms with Gasteiger partial charge in [0.1, 0.15) is 4.90 Å². The Kier molecular flexibility index (Phi) is 9.93. The van der Waals surface area contributed by atoms with Crippen LogP contribution in [-0.2, 0) is 19.9 Å². The van der Waals surface area contributed by atoms with Crippen molar-refractivity contribution in [3.8, 4) is 22.3 Å².